The van der Waals surface area contributed by atoms with E-state index in [1.807, 2.05) is 55.6 Å². The number of allylic oxidation sites excluding steroid dienone is 1. The van der Waals surface area contributed by atoms with Crippen LogP contribution in [-0.4, -0.2) is 41.1 Å². The summed E-state index contributed by atoms with van der Waals surface area (Å²) in [7, 11) is 1.60. The smallest absolute Gasteiger partial charge is 0.252 e. The predicted molar refractivity (Wildman–Crippen MR) is 138 cm³/mol. The molecule has 35 heavy (non-hydrogen) atoms. The van der Waals surface area contributed by atoms with E-state index in [1.165, 1.54) is 6.08 Å². The fraction of sp³-hybridized carbons (Fsp3) is 0.259. The molecule has 1 aromatic carbocycles. The van der Waals surface area contributed by atoms with Crippen LogP contribution in [0.5, 0.6) is 0 Å². The van der Waals surface area contributed by atoms with Crippen molar-refractivity contribution >= 4 is 29.3 Å². The van der Waals surface area contributed by atoms with Gasteiger partial charge >= 0.3 is 0 Å². The van der Waals surface area contributed by atoms with Crippen molar-refractivity contribution in [1.29, 1.82) is 0 Å². The lowest BCUT2D eigenvalue weighted by atomic mass is 9.78. The van der Waals surface area contributed by atoms with Crippen molar-refractivity contribution in [1.82, 2.24) is 15.0 Å². The number of amides is 1. The largest absolute Gasteiger partial charge is 0.383 e. The van der Waals surface area contributed by atoms with E-state index in [0.29, 0.717) is 19.1 Å². The summed E-state index contributed by atoms with van der Waals surface area (Å²) in [6.07, 6.45) is 8.76. The highest BCUT2D eigenvalue weighted by Crippen LogP contribution is 2.39. The maximum Gasteiger partial charge on any atom is 0.252 e. The van der Waals surface area contributed by atoms with Gasteiger partial charge < -0.3 is 19.9 Å². The van der Waals surface area contributed by atoms with Crippen LogP contribution in [0.15, 0.2) is 66.3 Å². The topological polar surface area (TPSA) is 100 Å². The average Bonchev–Trinajstić information content (AvgIpc) is 2.85. The quantitative estimate of drug-likeness (QED) is 0.475. The maximum absolute atomic E-state index is 12.5. The van der Waals surface area contributed by atoms with Gasteiger partial charge in [0.25, 0.3) is 5.56 Å². The summed E-state index contributed by atoms with van der Waals surface area (Å²) in [6.45, 7) is 8.45. The van der Waals surface area contributed by atoms with Crippen molar-refractivity contribution in [2.24, 2.45) is 0 Å². The fourth-order valence-corrected chi connectivity index (χ4v) is 4.39. The number of ether oxygens (including phenoxy) is 1. The number of aromatic amines is 1. The number of anilines is 3. The molecule has 0 aliphatic heterocycles. The van der Waals surface area contributed by atoms with E-state index in [4.69, 9.17) is 9.72 Å². The van der Waals surface area contributed by atoms with Crippen molar-refractivity contribution in [3.05, 3.63) is 94.2 Å². The number of nitrogens with one attached hydrogen (secondary N) is 2. The van der Waals surface area contributed by atoms with Crippen LogP contribution in [0, 0.1) is 6.92 Å². The Hall–Kier alpha value is -4.04. The van der Waals surface area contributed by atoms with E-state index in [2.05, 4.69) is 28.8 Å². The number of pyridine rings is 1. The lowest BCUT2D eigenvalue weighted by Gasteiger charge is -2.27. The number of carbonyl (C=O) groups excluding carboxylic acids is 1. The summed E-state index contributed by atoms with van der Waals surface area (Å²) in [5.74, 6) is 0.245. The summed E-state index contributed by atoms with van der Waals surface area (Å²) < 4.78 is 5.14. The number of hydrogen-bond acceptors (Lipinski definition) is 6. The van der Waals surface area contributed by atoms with Crippen LogP contribution in [0.2, 0.25) is 0 Å². The third-order valence-corrected chi connectivity index (χ3v) is 6.26. The molecule has 8 heteroatoms. The molecule has 0 bridgehead atoms. The van der Waals surface area contributed by atoms with E-state index < -0.39 is 0 Å². The highest BCUT2D eigenvalue weighted by atomic mass is 16.5. The number of H-pyrrole nitrogens is 1. The van der Waals surface area contributed by atoms with Gasteiger partial charge in [-0.15, -0.1) is 0 Å². The van der Waals surface area contributed by atoms with Crippen LogP contribution in [0.25, 0.3) is 6.08 Å². The summed E-state index contributed by atoms with van der Waals surface area (Å²) in [5, 5.41) is 3.23. The third-order valence-electron chi connectivity index (χ3n) is 6.26. The van der Waals surface area contributed by atoms with E-state index in [1.54, 1.807) is 18.2 Å². The normalized spacial score (nSPS) is 16.4. The van der Waals surface area contributed by atoms with Crippen molar-refractivity contribution in [3.8, 4) is 0 Å². The van der Waals surface area contributed by atoms with Crippen molar-refractivity contribution in [2.45, 2.75) is 25.7 Å². The minimum absolute atomic E-state index is 0.0491. The van der Waals surface area contributed by atoms with Gasteiger partial charge in [-0.3, -0.25) is 9.59 Å². The Morgan fingerprint density at radius 1 is 1.34 bits per heavy atom. The Bertz CT molecular complexity index is 1330. The molecule has 3 aromatic rings. The van der Waals surface area contributed by atoms with Gasteiger partial charge in [0, 0.05) is 54.5 Å². The monoisotopic (exact) mass is 471 g/mol. The van der Waals surface area contributed by atoms with Crippen LogP contribution in [0.4, 0.5) is 17.3 Å². The average molecular weight is 472 g/mol. The molecule has 2 heterocycles. The molecular weight excluding hydrogens is 442 g/mol. The SMILES string of the molecule is C=CC(=O)N(CCOC)c1cccc(Nc2ncc3c(n2)C=CC(c2c(C)cc[nH]c2=O)C3C)c1. The summed E-state index contributed by atoms with van der Waals surface area (Å²) in [6, 6.07) is 9.38. The van der Waals surface area contributed by atoms with Crippen LogP contribution >= 0.6 is 0 Å². The molecule has 1 amide bonds. The highest BCUT2D eigenvalue weighted by Gasteiger charge is 2.28. The molecule has 0 saturated carbocycles. The number of aryl methyl sites for hydroxylation is 1. The minimum atomic E-state index is -0.203. The molecule has 0 saturated heterocycles. The first-order chi connectivity index (χ1) is 16.9. The zero-order valence-electron chi connectivity index (χ0n) is 20.1. The number of nitrogens with zero attached hydrogens (tertiary/aromatic N) is 3. The Kier molecular flexibility index (Phi) is 7.22. The Labute approximate surface area is 204 Å². The molecular formula is C27H29N5O3. The number of carbonyl (C=O) groups is 1. The molecule has 1 aliphatic rings. The van der Waals surface area contributed by atoms with Gasteiger partial charge in [0.15, 0.2) is 0 Å². The molecule has 2 atom stereocenters. The van der Waals surface area contributed by atoms with Gasteiger partial charge in [0.1, 0.15) is 0 Å². The first-order valence-corrected chi connectivity index (χ1v) is 11.5. The molecule has 180 valence electrons. The van der Waals surface area contributed by atoms with Gasteiger partial charge in [-0.25, -0.2) is 9.97 Å². The van der Waals surface area contributed by atoms with Crippen molar-refractivity contribution < 1.29 is 9.53 Å². The molecule has 1 aliphatic carbocycles. The number of hydrogen-bond donors (Lipinski definition) is 2. The minimum Gasteiger partial charge on any atom is -0.383 e. The second-order valence-corrected chi connectivity index (χ2v) is 8.47. The highest BCUT2D eigenvalue weighted by molar-refractivity contribution is 6.01. The molecule has 0 radical (unpaired) electrons. The van der Waals surface area contributed by atoms with Crippen LogP contribution < -0.4 is 15.8 Å². The number of benzene rings is 1. The summed E-state index contributed by atoms with van der Waals surface area (Å²) in [5.41, 5.74) is 4.94. The van der Waals surface area contributed by atoms with Gasteiger partial charge in [-0.05, 0) is 54.8 Å². The molecule has 2 unspecified atom stereocenters. The van der Waals surface area contributed by atoms with Crippen LogP contribution in [0.1, 0.15) is 41.1 Å². The molecule has 2 aromatic heterocycles. The summed E-state index contributed by atoms with van der Waals surface area (Å²) in [4.78, 5) is 38.4. The maximum atomic E-state index is 12.5. The molecule has 4 rings (SSSR count). The number of fused-ring (bicyclic) bond motifs is 1. The second kappa shape index (κ2) is 10.5. The lowest BCUT2D eigenvalue weighted by molar-refractivity contribution is -0.114. The first kappa shape index (κ1) is 24.1. The number of methoxy groups -OCH3 is 1. The standard InChI is InChI=1S/C27H29N5O3/c1-5-24(33)32(13-14-35-4)20-8-6-7-19(15-20)30-27-29-16-22-18(3)21(9-10-23(22)31-27)25-17(2)11-12-28-26(25)34/h5-12,15-16,18,21H,1,13-14H2,2-4H3,(H,28,34)(H,29,30,31). The van der Waals surface area contributed by atoms with Gasteiger partial charge in [0.2, 0.25) is 11.9 Å². The number of aromatic nitrogens is 3. The molecule has 2 N–H and O–H groups in total. The van der Waals surface area contributed by atoms with Crippen molar-refractivity contribution in [3.63, 3.8) is 0 Å². The molecule has 0 spiro atoms. The zero-order chi connectivity index (χ0) is 24.9. The predicted octanol–water partition coefficient (Wildman–Crippen LogP) is 4.30. The fourth-order valence-electron chi connectivity index (χ4n) is 4.39. The van der Waals surface area contributed by atoms with E-state index >= 15 is 0 Å². The van der Waals surface area contributed by atoms with E-state index in [9.17, 15) is 9.59 Å². The Morgan fingerprint density at radius 2 is 2.17 bits per heavy atom. The van der Waals surface area contributed by atoms with Gasteiger partial charge in [-0.1, -0.05) is 25.6 Å². The first-order valence-electron chi connectivity index (χ1n) is 11.5. The van der Waals surface area contributed by atoms with Crippen LogP contribution in [0.3, 0.4) is 0 Å². The van der Waals surface area contributed by atoms with Crippen molar-refractivity contribution in [2.75, 3.05) is 30.5 Å². The van der Waals surface area contributed by atoms with Crippen LogP contribution in [-0.2, 0) is 9.53 Å². The van der Waals surface area contributed by atoms with E-state index in [-0.39, 0.29) is 23.3 Å². The van der Waals surface area contributed by atoms with Gasteiger partial charge in [0.05, 0.1) is 12.3 Å². The number of rotatable bonds is 8. The van der Waals surface area contributed by atoms with Gasteiger partial charge in [-0.2, -0.15) is 0 Å². The molecule has 0 fully saturated rings. The molecule has 8 nitrogen and oxygen atoms in total. The van der Waals surface area contributed by atoms with E-state index in [0.717, 1.165) is 33.8 Å². The second-order valence-electron chi connectivity index (χ2n) is 8.47. The summed E-state index contributed by atoms with van der Waals surface area (Å²) >= 11 is 0. The Balaban J connectivity index is 1.57. The lowest BCUT2D eigenvalue weighted by Crippen LogP contribution is -2.32. The third kappa shape index (κ3) is 5.07. The zero-order valence-corrected chi connectivity index (χ0v) is 20.1. The Morgan fingerprint density at radius 3 is 2.91 bits per heavy atom.